The molecule has 0 spiro atoms. The van der Waals surface area contributed by atoms with Gasteiger partial charge in [-0.05, 0) is 0 Å². The number of halogens is 4. The Labute approximate surface area is 99.7 Å². The van der Waals surface area contributed by atoms with Gasteiger partial charge in [-0.25, -0.2) is 0 Å². The van der Waals surface area contributed by atoms with E-state index in [2.05, 4.69) is 0 Å². The molecule has 0 saturated carbocycles. The van der Waals surface area contributed by atoms with Gasteiger partial charge >= 0.3 is 101 Å². The Kier molecular flexibility index (Phi) is 10.7. The molecule has 0 heterocycles. The van der Waals surface area contributed by atoms with Crippen LogP contribution in [0.1, 0.15) is 1.43 Å². The van der Waals surface area contributed by atoms with Gasteiger partial charge in [0.05, 0.1) is 0 Å². The molecule has 0 aromatic heterocycles. The normalized spacial score (nSPS) is 12.7. The Morgan fingerprint density at radius 3 is 1.00 bits per heavy atom. The minimum Gasteiger partial charge on any atom is -1.00 e. The minimum atomic E-state index is -3.06. The minimum absolute atomic E-state index is 0. The Hall–Kier alpha value is 3.48. The summed E-state index contributed by atoms with van der Waals surface area (Å²) in [5.74, 6) is 0. The third kappa shape index (κ3) is 25.9. The summed E-state index contributed by atoms with van der Waals surface area (Å²) in [7, 11) is 20.0. The van der Waals surface area contributed by atoms with Crippen molar-refractivity contribution in [3.05, 3.63) is 0 Å². The third-order valence-electron chi connectivity index (χ3n) is 0. The van der Waals surface area contributed by atoms with Crippen LogP contribution in [0.4, 0.5) is 0 Å². The van der Waals surface area contributed by atoms with Crippen LogP contribution in [0.5, 0.6) is 0 Å². The largest absolute Gasteiger partial charge is 1.00 e. The van der Waals surface area contributed by atoms with Crippen molar-refractivity contribution < 1.29 is 64.7 Å². The molecule has 0 unspecified atom stereocenters. The first kappa shape index (κ1) is 12.2. The summed E-state index contributed by atoms with van der Waals surface area (Å²) in [6, 6.07) is 0. The van der Waals surface area contributed by atoms with E-state index in [-0.39, 0.29) is 52.8 Å². The van der Waals surface area contributed by atoms with E-state index in [1.165, 1.54) is 0 Å². The van der Waals surface area contributed by atoms with Crippen molar-refractivity contribution >= 4 is 37.7 Å². The molecule has 6 heteroatoms. The summed E-state index contributed by atoms with van der Waals surface area (Å²) in [6.07, 6.45) is 0. The average Bonchev–Trinajstić information content (AvgIpc) is 0.722. The van der Waals surface area contributed by atoms with Crippen molar-refractivity contribution in [3.63, 3.8) is 0 Å². The summed E-state index contributed by atoms with van der Waals surface area (Å²) in [4.78, 5) is 0. The molecule has 0 aliphatic rings. The number of hydrogen-bond acceptors (Lipinski definition) is 0. The zero-order chi connectivity index (χ0) is 4.50. The van der Waals surface area contributed by atoms with Crippen LogP contribution in [0.15, 0.2) is 0 Å². The van der Waals surface area contributed by atoms with Gasteiger partial charge in [-0.2, -0.15) is 0 Å². The predicted molar refractivity (Wildman–Crippen MR) is 24.5 cm³/mol. The van der Waals surface area contributed by atoms with Crippen molar-refractivity contribution in [2.75, 3.05) is 0 Å². The van der Waals surface area contributed by atoms with Gasteiger partial charge < -0.3 is 1.43 Å². The van der Waals surface area contributed by atoms with E-state index in [9.17, 15) is 0 Å². The number of rotatable bonds is 0. The smallest absolute Gasteiger partial charge is 1.00 e. The van der Waals surface area contributed by atoms with E-state index in [0.29, 0.717) is 0 Å². The van der Waals surface area contributed by atoms with Crippen LogP contribution < -0.4 is 51.4 Å². The maximum atomic E-state index is 5.01. The van der Waals surface area contributed by atoms with Crippen LogP contribution in [0.2, 0.25) is 0 Å². The molecule has 6 heavy (non-hydrogen) atoms. The molecule has 0 aliphatic heterocycles. The standard InChI is InChI=1S/4ClH.K.Pt.H/h4*1H;;;/q;;;;+1;+4;-1/p-4. The Morgan fingerprint density at radius 2 is 1.00 bits per heavy atom. The molecule has 0 atom stereocenters. The fourth-order valence-corrected chi connectivity index (χ4v) is 0. The van der Waals surface area contributed by atoms with Crippen molar-refractivity contribution in [2.24, 2.45) is 0 Å². The molecular formula is HCl4KPt. The maximum Gasteiger partial charge on any atom is 1.00 e. The summed E-state index contributed by atoms with van der Waals surface area (Å²) in [5.41, 5.74) is 0. The Bertz CT molecular complexity index is 27.2. The fourth-order valence-electron chi connectivity index (χ4n) is 0. The first-order chi connectivity index (χ1) is 2.00. The molecule has 0 amide bonds. The third-order valence-corrected chi connectivity index (χ3v) is 0. The maximum absolute atomic E-state index is 5.01. The average molecular weight is 377 g/mol. The van der Waals surface area contributed by atoms with Gasteiger partial charge in [0, 0.05) is 0 Å². The van der Waals surface area contributed by atoms with E-state index >= 15 is 0 Å². The first-order valence-corrected chi connectivity index (χ1v) is 11.7. The monoisotopic (exact) mass is 375 g/mol. The van der Waals surface area contributed by atoms with Crippen molar-refractivity contribution in [3.8, 4) is 0 Å². The second-order valence-electron chi connectivity index (χ2n) is 0.271. The second kappa shape index (κ2) is 5.28. The molecule has 0 saturated heterocycles. The summed E-state index contributed by atoms with van der Waals surface area (Å²) >= 11 is -3.06. The van der Waals surface area contributed by atoms with Gasteiger partial charge in [0.1, 0.15) is 0 Å². The molecule has 0 radical (unpaired) electrons. The van der Waals surface area contributed by atoms with Crippen molar-refractivity contribution in [2.45, 2.75) is 0 Å². The Balaban J connectivity index is -0.0000000800. The molecule has 0 aromatic rings. The zero-order valence-corrected chi connectivity index (χ0v) is 11.2. The second-order valence-corrected chi connectivity index (χ2v) is 20.0. The SMILES string of the molecule is [Cl][Pt]([Cl])([Cl])[Cl].[H-].[K+]. The Morgan fingerprint density at radius 1 is 1.00 bits per heavy atom. The molecule has 0 bridgehead atoms. The van der Waals surface area contributed by atoms with E-state index in [4.69, 9.17) is 37.7 Å². The summed E-state index contributed by atoms with van der Waals surface area (Å²) in [5, 5.41) is 0. The van der Waals surface area contributed by atoms with Gasteiger partial charge in [-0.3, -0.25) is 0 Å². The molecule has 40 valence electrons. The van der Waals surface area contributed by atoms with E-state index < -0.39 is 11.9 Å². The predicted octanol–water partition coefficient (Wildman–Crippen LogP) is -0.128. The van der Waals surface area contributed by atoms with Crippen LogP contribution in [0, 0.1) is 0 Å². The van der Waals surface area contributed by atoms with Gasteiger partial charge in [0.2, 0.25) is 0 Å². The van der Waals surface area contributed by atoms with Gasteiger partial charge in [0.15, 0.2) is 0 Å². The fraction of sp³-hybridized carbons (Fsp3) is 0. The zero-order valence-electron chi connectivity index (χ0n) is 3.83. The molecule has 0 aromatic carbocycles. The van der Waals surface area contributed by atoms with Crippen molar-refractivity contribution in [1.29, 1.82) is 0 Å². The van der Waals surface area contributed by atoms with E-state index in [1.54, 1.807) is 0 Å². The molecule has 0 rings (SSSR count). The van der Waals surface area contributed by atoms with E-state index in [0.717, 1.165) is 0 Å². The van der Waals surface area contributed by atoms with Gasteiger partial charge in [-0.1, -0.05) is 0 Å². The molecule has 0 nitrogen and oxygen atoms in total. The first-order valence-electron chi connectivity index (χ1n) is 0.478. The van der Waals surface area contributed by atoms with Crippen LogP contribution in [-0.2, 0) is 11.9 Å². The topological polar surface area (TPSA) is 0 Å². The molecular weight excluding hydrogens is 376 g/mol. The van der Waals surface area contributed by atoms with E-state index in [1.807, 2.05) is 0 Å². The summed E-state index contributed by atoms with van der Waals surface area (Å²) < 4.78 is 0. The number of hydrogen-bond donors (Lipinski definition) is 0. The molecule has 0 fully saturated rings. The van der Waals surface area contributed by atoms with Crippen LogP contribution in [0.3, 0.4) is 0 Å². The van der Waals surface area contributed by atoms with Crippen LogP contribution >= 0.6 is 37.7 Å². The molecule has 0 aliphatic carbocycles. The van der Waals surface area contributed by atoms with Gasteiger partial charge in [0.25, 0.3) is 0 Å². The molecule has 0 N–H and O–H groups in total. The van der Waals surface area contributed by atoms with Gasteiger partial charge in [-0.15, -0.1) is 0 Å². The van der Waals surface area contributed by atoms with Crippen LogP contribution in [0.25, 0.3) is 0 Å². The quantitative estimate of drug-likeness (QED) is 0.517. The van der Waals surface area contributed by atoms with Crippen LogP contribution in [-0.4, -0.2) is 0 Å². The summed E-state index contributed by atoms with van der Waals surface area (Å²) in [6.45, 7) is 0. The van der Waals surface area contributed by atoms with Crippen molar-refractivity contribution in [1.82, 2.24) is 0 Å².